The molecule has 0 bridgehead atoms. The van der Waals surface area contributed by atoms with E-state index in [1.54, 1.807) is 0 Å². The standard InChI is InChI=1S/C21H26ClNO4/c1-15-10-17-14-27-20(24)21(17,12-15)13-16-2-3-19(18(22)11-16)26-9-6-23-4-7-25-8-5-23/h2-3,11,17H,1,4-10,12-14H2. The van der Waals surface area contributed by atoms with Gasteiger partial charge >= 0.3 is 5.97 Å². The Labute approximate surface area is 165 Å². The molecule has 6 heteroatoms. The fourth-order valence-corrected chi connectivity index (χ4v) is 4.77. The molecule has 0 spiro atoms. The van der Waals surface area contributed by atoms with Crippen LogP contribution >= 0.6 is 11.6 Å². The SMILES string of the molecule is C=C1CC2COC(=O)C2(Cc2ccc(OCCN3CCOCC3)c(Cl)c2)C1. The number of benzene rings is 1. The highest BCUT2D eigenvalue weighted by molar-refractivity contribution is 6.32. The second-order valence-corrected chi connectivity index (χ2v) is 8.23. The van der Waals surface area contributed by atoms with Crippen LogP contribution in [-0.2, 0) is 20.7 Å². The topological polar surface area (TPSA) is 48.0 Å². The highest BCUT2D eigenvalue weighted by Gasteiger charge is 2.55. The molecule has 2 unspecified atom stereocenters. The highest BCUT2D eigenvalue weighted by Crippen LogP contribution is 2.52. The first-order valence-corrected chi connectivity index (χ1v) is 10.00. The number of cyclic esters (lactones) is 1. The van der Waals surface area contributed by atoms with Crippen LogP contribution in [-0.4, -0.2) is 56.9 Å². The molecule has 5 nitrogen and oxygen atoms in total. The molecule has 0 amide bonds. The zero-order valence-electron chi connectivity index (χ0n) is 15.5. The minimum Gasteiger partial charge on any atom is -0.491 e. The maximum atomic E-state index is 12.4. The molecule has 0 aromatic heterocycles. The molecule has 1 aliphatic carbocycles. The highest BCUT2D eigenvalue weighted by atomic mass is 35.5. The van der Waals surface area contributed by atoms with E-state index in [0.29, 0.717) is 36.8 Å². The Balaban J connectivity index is 1.38. The van der Waals surface area contributed by atoms with E-state index in [4.69, 9.17) is 25.8 Å². The van der Waals surface area contributed by atoms with E-state index in [2.05, 4.69) is 11.5 Å². The van der Waals surface area contributed by atoms with Gasteiger partial charge in [-0.1, -0.05) is 29.8 Å². The number of ether oxygens (including phenoxy) is 3. The Morgan fingerprint density at radius 3 is 2.93 bits per heavy atom. The zero-order valence-corrected chi connectivity index (χ0v) is 16.3. The van der Waals surface area contributed by atoms with Crippen molar-refractivity contribution in [2.45, 2.75) is 19.3 Å². The Bertz CT molecular complexity index is 731. The molecule has 1 aromatic carbocycles. The van der Waals surface area contributed by atoms with Gasteiger partial charge in [0.1, 0.15) is 12.4 Å². The molecule has 3 aliphatic rings. The van der Waals surface area contributed by atoms with Gasteiger partial charge in [0.05, 0.1) is 30.3 Å². The molecular formula is C21H26ClNO4. The normalized spacial score (nSPS) is 28.3. The van der Waals surface area contributed by atoms with Crippen LogP contribution in [0.15, 0.2) is 30.4 Å². The van der Waals surface area contributed by atoms with Crippen LogP contribution in [0.25, 0.3) is 0 Å². The fourth-order valence-electron chi connectivity index (χ4n) is 4.51. The monoisotopic (exact) mass is 391 g/mol. The van der Waals surface area contributed by atoms with Crippen molar-refractivity contribution in [3.8, 4) is 5.75 Å². The number of hydrogen-bond donors (Lipinski definition) is 0. The smallest absolute Gasteiger partial charge is 0.313 e. The number of allylic oxidation sites excluding steroid dienone is 1. The van der Waals surface area contributed by atoms with Gasteiger partial charge in [0.2, 0.25) is 0 Å². The number of rotatable bonds is 6. The molecule has 1 aromatic rings. The molecule has 27 heavy (non-hydrogen) atoms. The summed E-state index contributed by atoms with van der Waals surface area (Å²) in [6.07, 6.45) is 2.23. The van der Waals surface area contributed by atoms with Gasteiger partial charge in [-0.25, -0.2) is 0 Å². The summed E-state index contributed by atoms with van der Waals surface area (Å²) in [5.41, 5.74) is 1.73. The average molecular weight is 392 g/mol. The lowest BCUT2D eigenvalue weighted by Gasteiger charge is -2.26. The average Bonchev–Trinajstić information content (AvgIpc) is 3.12. The molecule has 4 rings (SSSR count). The summed E-state index contributed by atoms with van der Waals surface area (Å²) in [6, 6.07) is 5.84. The Morgan fingerprint density at radius 1 is 1.33 bits per heavy atom. The Kier molecular flexibility index (Phi) is 5.44. The van der Waals surface area contributed by atoms with Gasteiger partial charge in [0, 0.05) is 25.6 Å². The molecule has 2 aliphatic heterocycles. The van der Waals surface area contributed by atoms with Gasteiger partial charge in [-0.15, -0.1) is 0 Å². The first-order chi connectivity index (χ1) is 13.1. The van der Waals surface area contributed by atoms with E-state index < -0.39 is 5.41 Å². The summed E-state index contributed by atoms with van der Waals surface area (Å²) in [7, 11) is 0. The summed E-state index contributed by atoms with van der Waals surface area (Å²) < 4.78 is 16.6. The van der Waals surface area contributed by atoms with Gasteiger partial charge in [-0.05, 0) is 37.0 Å². The molecule has 0 radical (unpaired) electrons. The molecule has 1 saturated carbocycles. The quantitative estimate of drug-likeness (QED) is 0.551. The maximum Gasteiger partial charge on any atom is 0.313 e. The van der Waals surface area contributed by atoms with Crippen LogP contribution < -0.4 is 4.74 Å². The third-order valence-corrected chi connectivity index (χ3v) is 6.28. The number of hydrogen-bond acceptors (Lipinski definition) is 5. The van der Waals surface area contributed by atoms with Gasteiger partial charge in [-0.3, -0.25) is 9.69 Å². The zero-order chi connectivity index (χ0) is 18.9. The second-order valence-electron chi connectivity index (χ2n) is 7.83. The molecule has 0 N–H and O–H groups in total. The van der Waals surface area contributed by atoms with E-state index in [1.807, 2.05) is 18.2 Å². The van der Waals surface area contributed by atoms with E-state index in [0.717, 1.165) is 50.4 Å². The van der Waals surface area contributed by atoms with Gasteiger partial charge in [-0.2, -0.15) is 0 Å². The number of carbonyl (C=O) groups excluding carboxylic acids is 1. The minimum atomic E-state index is -0.459. The van der Waals surface area contributed by atoms with Gasteiger partial charge in [0.25, 0.3) is 0 Å². The molecular weight excluding hydrogens is 366 g/mol. The van der Waals surface area contributed by atoms with Crippen molar-refractivity contribution in [3.05, 3.63) is 40.9 Å². The molecule has 2 atom stereocenters. The largest absolute Gasteiger partial charge is 0.491 e. The number of morpholine rings is 1. The van der Waals surface area contributed by atoms with Crippen molar-refractivity contribution in [1.82, 2.24) is 4.90 Å². The maximum absolute atomic E-state index is 12.4. The Morgan fingerprint density at radius 2 is 2.15 bits per heavy atom. The Hall–Kier alpha value is -1.56. The lowest BCUT2D eigenvalue weighted by atomic mass is 9.75. The van der Waals surface area contributed by atoms with Crippen molar-refractivity contribution in [3.63, 3.8) is 0 Å². The summed E-state index contributed by atoms with van der Waals surface area (Å²) in [6.45, 7) is 9.52. The predicted octanol–water partition coefficient (Wildman–Crippen LogP) is 3.10. The summed E-state index contributed by atoms with van der Waals surface area (Å²) >= 11 is 6.45. The van der Waals surface area contributed by atoms with Crippen LogP contribution in [0, 0.1) is 11.3 Å². The number of fused-ring (bicyclic) bond motifs is 1. The van der Waals surface area contributed by atoms with Crippen molar-refractivity contribution in [1.29, 1.82) is 0 Å². The van der Waals surface area contributed by atoms with Crippen molar-refractivity contribution < 1.29 is 19.0 Å². The number of esters is 1. The van der Waals surface area contributed by atoms with E-state index in [9.17, 15) is 4.79 Å². The second kappa shape index (κ2) is 7.82. The van der Waals surface area contributed by atoms with Gasteiger partial charge in [0.15, 0.2) is 0 Å². The molecule has 2 saturated heterocycles. The van der Waals surface area contributed by atoms with Crippen LogP contribution in [0.1, 0.15) is 18.4 Å². The lowest BCUT2D eigenvalue weighted by molar-refractivity contribution is -0.146. The fraction of sp³-hybridized carbons (Fsp3) is 0.571. The molecule has 3 fully saturated rings. The summed E-state index contributed by atoms with van der Waals surface area (Å²) in [5, 5.41) is 0.589. The van der Waals surface area contributed by atoms with Crippen LogP contribution in [0.5, 0.6) is 5.75 Å². The minimum absolute atomic E-state index is 0.0897. The first kappa shape index (κ1) is 18.8. The van der Waals surface area contributed by atoms with Gasteiger partial charge < -0.3 is 14.2 Å². The van der Waals surface area contributed by atoms with Crippen LogP contribution in [0.2, 0.25) is 5.02 Å². The van der Waals surface area contributed by atoms with E-state index in [-0.39, 0.29) is 11.9 Å². The third kappa shape index (κ3) is 3.86. The number of halogens is 1. The number of nitrogens with zero attached hydrogens (tertiary/aromatic N) is 1. The first-order valence-electron chi connectivity index (χ1n) is 9.62. The predicted molar refractivity (Wildman–Crippen MR) is 103 cm³/mol. The lowest BCUT2D eigenvalue weighted by Crippen LogP contribution is -2.38. The van der Waals surface area contributed by atoms with Crippen LogP contribution in [0.4, 0.5) is 0 Å². The van der Waals surface area contributed by atoms with Crippen LogP contribution in [0.3, 0.4) is 0 Å². The molecule has 2 heterocycles. The molecule has 146 valence electrons. The van der Waals surface area contributed by atoms with Crippen molar-refractivity contribution in [2.24, 2.45) is 11.3 Å². The van der Waals surface area contributed by atoms with E-state index in [1.165, 1.54) is 0 Å². The number of carbonyl (C=O) groups is 1. The summed E-state index contributed by atoms with van der Waals surface area (Å²) in [4.78, 5) is 14.8. The van der Waals surface area contributed by atoms with E-state index >= 15 is 0 Å². The third-order valence-electron chi connectivity index (χ3n) is 5.99. The summed E-state index contributed by atoms with van der Waals surface area (Å²) in [5.74, 6) is 0.835. The van der Waals surface area contributed by atoms with Crippen molar-refractivity contribution in [2.75, 3.05) is 46.1 Å². The van der Waals surface area contributed by atoms with Crippen molar-refractivity contribution >= 4 is 17.6 Å².